The van der Waals surface area contributed by atoms with E-state index < -0.39 is 6.36 Å². The molecule has 0 fully saturated rings. The third-order valence-corrected chi connectivity index (χ3v) is 3.33. The van der Waals surface area contributed by atoms with Gasteiger partial charge in [-0.2, -0.15) is 0 Å². The van der Waals surface area contributed by atoms with E-state index in [-0.39, 0.29) is 29.8 Å². The van der Waals surface area contributed by atoms with E-state index in [2.05, 4.69) is 10.1 Å². The number of benzene rings is 2. The number of halogens is 4. The molecule has 2 aromatic carbocycles. The first-order chi connectivity index (χ1) is 11.4. The SMILES string of the molecule is CCCCC(=O)Nc1ccc(-c2ccccc2)c(OC(F)(F)F)c1.Cl. The number of amides is 1. The molecule has 0 saturated carbocycles. The molecular formula is C18H19ClF3NO2. The maximum atomic E-state index is 12.7. The second kappa shape index (κ2) is 9.32. The van der Waals surface area contributed by atoms with Crippen molar-refractivity contribution >= 4 is 24.0 Å². The van der Waals surface area contributed by atoms with Gasteiger partial charge in [0.05, 0.1) is 0 Å². The summed E-state index contributed by atoms with van der Waals surface area (Å²) in [5, 5.41) is 2.60. The lowest BCUT2D eigenvalue weighted by Crippen LogP contribution is -2.18. The fourth-order valence-corrected chi connectivity index (χ4v) is 2.23. The van der Waals surface area contributed by atoms with Crippen LogP contribution in [0.15, 0.2) is 48.5 Å². The summed E-state index contributed by atoms with van der Waals surface area (Å²) in [4.78, 5) is 11.7. The molecule has 2 aromatic rings. The molecule has 7 heteroatoms. The summed E-state index contributed by atoms with van der Waals surface area (Å²) in [6.45, 7) is 1.96. The minimum atomic E-state index is -4.81. The lowest BCUT2D eigenvalue weighted by atomic mass is 10.0. The molecule has 1 amide bonds. The number of ether oxygens (including phenoxy) is 1. The summed E-state index contributed by atoms with van der Waals surface area (Å²) in [5.74, 6) is -0.579. The van der Waals surface area contributed by atoms with E-state index in [1.807, 2.05) is 6.92 Å². The number of rotatable bonds is 6. The summed E-state index contributed by atoms with van der Waals surface area (Å²) in [5.41, 5.74) is 1.18. The van der Waals surface area contributed by atoms with Crippen molar-refractivity contribution in [1.29, 1.82) is 0 Å². The van der Waals surface area contributed by atoms with Gasteiger partial charge in [-0.05, 0) is 24.1 Å². The number of alkyl halides is 3. The first-order valence-electron chi connectivity index (χ1n) is 7.64. The van der Waals surface area contributed by atoms with E-state index in [4.69, 9.17) is 0 Å². The van der Waals surface area contributed by atoms with Crippen molar-refractivity contribution in [3.05, 3.63) is 48.5 Å². The molecule has 1 N–H and O–H groups in total. The van der Waals surface area contributed by atoms with Gasteiger partial charge in [0.2, 0.25) is 5.91 Å². The van der Waals surface area contributed by atoms with Crippen molar-refractivity contribution in [1.82, 2.24) is 0 Å². The van der Waals surface area contributed by atoms with Crippen LogP contribution in [0.5, 0.6) is 5.75 Å². The standard InChI is InChI=1S/C18H18F3NO2.ClH/c1-2-3-9-17(23)22-14-10-11-15(13-7-5-4-6-8-13)16(12-14)24-18(19,20)21;/h4-8,10-12H,2-3,9H2,1H3,(H,22,23);1H. The van der Waals surface area contributed by atoms with Crippen molar-refractivity contribution in [3.8, 4) is 16.9 Å². The highest BCUT2D eigenvalue weighted by Gasteiger charge is 2.32. The van der Waals surface area contributed by atoms with Crippen molar-refractivity contribution in [2.75, 3.05) is 5.32 Å². The first-order valence-corrected chi connectivity index (χ1v) is 7.64. The second-order valence-electron chi connectivity index (χ2n) is 5.28. The number of hydrogen-bond acceptors (Lipinski definition) is 2. The summed E-state index contributed by atoms with van der Waals surface area (Å²) < 4.78 is 42.2. The normalized spacial score (nSPS) is 10.7. The smallest absolute Gasteiger partial charge is 0.405 e. The monoisotopic (exact) mass is 373 g/mol. The van der Waals surface area contributed by atoms with Crippen LogP contribution >= 0.6 is 12.4 Å². The van der Waals surface area contributed by atoms with E-state index in [0.29, 0.717) is 17.5 Å². The molecule has 136 valence electrons. The Bertz CT molecular complexity index is 690. The highest BCUT2D eigenvalue weighted by atomic mass is 35.5. The lowest BCUT2D eigenvalue weighted by molar-refractivity contribution is -0.274. The van der Waals surface area contributed by atoms with Gasteiger partial charge in [-0.3, -0.25) is 4.79 Å². The predicted molar refractivity (Wildman–Crippen MR) is 94.0 cm³/mol. The molecule has 0 aliphatic rings. The van der Waals surface area contributed by atoms with Crippen LogP contribution in [-0.4, -0.2) is 12.3 Å². The zero-order chi connectivity index (χ0) is 17.6. The zero-order valence-electron chi connectivity index (χ0n) is 13.6. The minimum absolute atomic E-state index is 0. The molecule has 0 unspecified atom stereocenters. The second-order valence-corrected chi connectivity index (χ2v) is 5.28. The molecule has 25 heavy (non-hydrogen) atoms. The van der Waals surface area contributed by atoms with Crippen LogP contribution < -0.4 is 10.1 Å². The van der Waals surface area contributed by atoms with Crippen LogP contribution in [0.2, 0.25) is 0 Å². The molecule has 0 atom stereocenters. The van der Waals surface area contributed by atoms with Crippen LogP contribution in [0.1, 0.15) is 26.2 Å². The Labute approximate surface area is 150 Å². The van der Waals surface area contributed by atoms with Crippen LogP contribution in [0, 0.1) is 0 Å². The lowest BCUT2D eigenvalue weighted by Gasteiger charge is -2.15. The Morgan fingerprint density at radius 1 is 1.12 bits per heavy atom. The topological polar surface area (TPSA) is 38.3 Å². The Kier molecular flexibility index (Phi) is 7.77. The molecule has 0 aromatic heterocycles. The summed E-state index contributed by atoms with van der Waals surface area (Å²) in [7, 11) is 0. The maximum absolute atomic E-state index is 12.7. The van der Waals surface area contributed by atoms with Crippen LogP contribution in [0.3, 0.4) is 0 Å². The van der Waals surface area contributed by atoms with Crippen LogP contribution in [-0.2, 0) is 4.79 Å². The molecule has 0 heterocycles. The van der Waals surface area contributed by atoms with Crippen molar-refractivity contribution in [3.63, 3.8) is 0 Å². The Morgan fingerprint density at radius 2 is 1.80 bits per heavy atom. The molecule has 2 rings (SSSR count). The predicted octanol–water partition coefficient (Wildman–Crippen LogP) is 5.80. The average molecular weight is 374 g/mol. The van der Waals surface area contributed by atoms with Gasteiger partial charge in [-0.1, -0.05) is 43.7 Å². The largest absolute Gasteiger partial charge is 0.573 e. The van der Waals surface area contributed by atoms with Gasteiger partial charge in [0.15, 0.2) is 0 Å². The number of carbonyl (C=O) groups excluding carboxylic acids is 1. The maximum Gasteiger partial charge on any atom is 0.573 e. The van der Waals surface area contributed by atoms with Crippen LogP contribution in [0.25, 0.3) is 11.1 Å². The average Bonchev–Trinajstić information content (AvgIpc) is 2.52. The van der Waals surface area contributed by atoms with Gasteiger partial charge in [-0.15, -0.1) is 25.6 Å². The Balaban J connectivity index is 0.00000312. The van der Waals surface area contributed by atoms with E-state index in [1.54, 1.807) is 36.4 Å². The molecule has 0 aliphatic carbocycles. The highest BCUT2D eigenvalue weighted by Crippen LogP contribution is 2.36. The molecular weight excluding hydrogens is 355 g/mol. The number of nitrogens with one attached hydrogen (secondary N) is 1. The van der Waals surface area contributed by atoms with Gasteiger partial charge in [0.1, 0.15) is 5.75 Å². The van der Waals surface area contributed by atoms with Gasteiger partial charge < -0.3 is 10.1 Å². The molecule has 0 saturated heterocycles. The molecule has 0 spiro atoms. The highest BCUT2D eigenvalue weighted by molar-refractivity contribution is 5.91. The van der Waals surface area contributed by atoms with Gasteiger partial charge in [-0.25, -0.2) is 0 Å². The fourth-order valence-electron chi connectivity index (χ4n) is 2.23. The molecule has 0 radical (unpaired) electrons. The third-order valence-electron chi connectivity index (χ3n) is 3.33. The van der Waals surface area contributed by atoms with Gasteiger partial charge in [0.25, 0.3) is 0 Å². The Morgan fingerprint density at radius 3 is 2.40 bits per heavy atom. The number of hydrogen-bond donors (Lipinski definition) is 1. The third kappa shape index (κ3) is 6.66. The van der Waals surface area contributed by atoms with Gasteiger partial charge in [0, 0.05) is 23.7 Å². The van der Waals surface area contributed by atoms with E-state index in [1.165, 1.54) is 12.1 Å². The van der Waals surface area contributed by atoms with E-state index in [0.717, 1.165) is 12.8 Å². The number of carbonyl (C=O) groups is 1. The van der Waals surface area contributed by atoms with Crippen LogP contribution in [0.4, 0.5) is 18.9 Å². The molecule has 3 nitrogen and oxygen atoms in total. The Hall–Kier alpha value is -2.21. The fraction of sp³-hybridized carbons (Fsp3) is 0.278. The summed E-state index contributed by atoms with van der Waals surface area (Å²) in [6.07, 6.45) is -2.90. The minimum Gasteiger partial charge on any atom is -0.405 e. The quantitative estimate of drug-likeness (QED) is 0.694. The van der Waals surface area contributed by atoms with Crippen molar-refractivity contribution in [2.24, 2.45) is 0 Å². The van der Waals surface area contributed by atoms with Crippen molar-refractivity contribution < 1.29 is 22.7 Å². The summed E-state index contributed by atoms with van der Waals surface area (Å²) in [6, 6.07) is 12.9. The molecule has 0 bridgehead atoms. The van der Waals surface area contributed by atoms with E-state index in [9.17, 15) is 18.0 Å². The van der Waals surface area contributed by atoms with Crippen molar-refractivity contribution in [2.45, 2.75) is 32.5 Å². The zero-order valence-corrected chi connectivity index (χ0v) is 14.4. The van der Waals surface area contributed by atoms with E-state index >= 15 is 0 Å². The summed E-state index contributed by atoms with van der Waals surface area (Å²) >= 11 is 0. The number of unbranched alkanes of at least 4 members (excludes halogenated alkanes) is 1. The van der Waals surface area contributed by atoms with Gasteiger partial charge >= 0.3 is 6.36 Å². The number of anilines is 1. The first kappa shape index (κ1) is 20.8. The molecule has 0 aliphatic heterocycles.